The minimum absolute atomic E-state index is 0.348. The van der Waals surface area contributed by atoms with E-state index in [4.69, 9.17) is 4.74 Å². The molecule has 3 rings (SSSR count). The molecule has 1 aromatic heterocycles. The van der Waals surface area contributed by atoms with E-state index in [1.807, 2.05) is 48.5 Å². The summed E-state index contributed by atoms with van der Waals surface area (Å²) < 4.78 is 5.77. The van der Waals surface area contributed by atoms with Crippen LogP contribution in [0.5, 0.6) is 11.6 Å². The molecule has 3 heteroatoms. The molecule has 0 fully saturated rings. The second-order valence-corrected chi connectivity index (χ2v) is 4.75. The Labute approximate surface area is 123 Å². The highest BCUT2D eigenvalue weighted by Crippen LogP contribution is 2.26. The van der Waals surface area contributed by atoms with Crippen molar-refractivity contribution < 1.29 is 4.74 Å². The summed E-state index contributed by atoms with van der Waals surface area (Å²) in [6, 6.07) is 19.5. The number of nitriles is 1. The van der Waals surface area contributed by atoms with Crippen LogP contribution in [0.1, 0.15) is 18.1 Å². The maximum Gasteiger partial charge on any atom is 0.237 e. The van der Waals surface area contributed by atoms with Crippen molar-refractivity contribution >= 4 is 10.9 Å². The molecule has 0 bridgehead atoms. The first-order valence-electron chi connectivity index (χ1n) is 6.87. The zero-order valence-corrected chi connectivity index (χ0v) is 11.7. The molecule has 0 aliphatic carbocycles. The number of aryl methyl sites for hydroxylation is 1. The molecule has 1 heterocycles. The van der Waals surface area contributed by atoms with E-state index in [1.54, 1.807) is 6.07 Å². The highest BCUT2D eigenvalue weighted by atomic mass is 16.5. The third-order valence-corrected chi connectivity index (χ3v) is 3.36. The van der Waals surface area contributed by atoms with E-state index in [-0.39, 0.29) is 0 Å². The fourth-order valence-electron chi connectivity index (χ4n) is 2.16. The van der Waals surface area contributed by atoms with E-state index in [0.29, 0.717) is 17.2 Å². The Morgan fingerprint density at radius 1 is 1.10 bits per heavy atom. The average Bonchev–Trinajstić information content (AvgIpc) is 2.55. The van der Waals surface area contributed by atoms with Crippen molar-refractivity contribution in [2.45, 2.75) is 13.3 Å². The lowest BCUT2D eigenvalue weighted by molar-refractivity contribution is 0.463. The van der Waals surface area contributed by atoms with Crippen molar-refractivity contribution in [3.05, 3.63) is 65.7 Å². The molecule has 0 N–H and O–H groups in total. The smallest absolute Gasteiger partial charge is 0.237 e. The summed E-state index contributed by atoms with van der Waals surface area (Å²) in [5.41, 5.74) is 2.50. The molecule has 0 radical (unpaired) electrons. The minimum atomic E-state index is 0.348. The zero-order valence-electron chi connectivity index (χ0n) is 11.7. The molecule has 0 amide bonds. The molecule has 21 heavy (non-hydrogen) atoms. The fraction of sp³-hybridized carbons (Fsp3) is 0.111. The van der Waals surface area contributed by atoms with Crippen LogP contribution in [0.25, 0.3) is 10.9 Å². The number of ether oxygens (including phenoxy) is 1. The monoisotopic (exact) mass is 274 g/mol. The molecule has 0 spiro atoms. The number of para-hydroxylation sites is 1. The molecule has 0 aliphatic rings. The maximum absolute atomic E-state index is 9.27. The number of nitrogens with zero attached hydrogens (tertiary/aromatic N) is 2. The molecule has 0 atom stereocenters. The molecular weight excluding hydrogens is 260 g/mol. The van der Waals surface area contributed by atoms with Crippen molar-refractivity contribution in [2.24, 2.45) is 0 Å². The van der Waals surface area contributed by atoms with E-state index in [2.05, 4.69) is 18.0 Å². The highest BCUT2D eigenvalue weighted by molar-refractivity contribution is 5.81. The van der Waals surface area contributed by atoms with Gasteiger partial charge in [-0.15, -0.1) is 0 Å². The van der Waals surface area contributed by atoms with Crippen LogP contribution >= 0.6 is 0 Å². The number of fused-ring (bicyclic) bond motifs is 1. The summed E-state index contributed by atoms with van der Waals surface area (Å²) in [6.07, 6.45) is 0.984. The van der Waals surface area contributed by atoms with Gasteiger partial charge in [-0.3, -0.25) is 0 Å². The van der Waals surface area contributed by atoms with Gasteiger partial charge in [-0.1, -0.05) is 37.3 Å². The van der Waals surface area contributed by atoms with Gasteiger partial charge in [0.25, 0.3) is 0 Å². The summed E-state index contributed by atoms with van der Waals surface area (Å²) in [5, 5.41) is 10.2. The Hall–Kier alpha value is -2.86. The number of rotatable bonds is 3. The van der Waals surface area contributed by atoms with Crippen molar-refractivity contribution in [3.8, 4) is 17.7 Å². The first kappa shape index (κ1) is 13.1. The van der Waals surface area contributed by atoms with Crippen LogP contribution in [0.4, 0.5) is 0 Å². The van der Waals surface area contributed by atoms with Crippen LogP contribution in [0, 0.1) is 11.3 Å². The van der Waals surface area contributed by atoms with Crippen molar-refractivity contribution in [1.82, 2.24) is 4.98 Å². The predicted octanol–water partition coefficient (Wildman–Crippen LogP) is 4.46. The molecule has 0 saturated carbocycles. The Kier molecular flexibility index (Phi) is 3.53. The Balaban J connectivity index is 2.00. The van der Waals surface area contributed by atoms with Gasteiger partial charge in [0.15, 0.2) is 0 Å². The van der Waals surface area contributed by atoms with Gasteiger partial charge in [-0.2, -0.15) is 5.26 Å². The normalized spacial score (nSPS) is 10.3. The first-order chi connectivity index (χ1) is 10.3. The largest absolute Gasteiger partial charge is 0.438 e. The van der Waals surface area contributed by atoms with Crippen LogP contribution in [-0.4, -0.2) is 4.98 Å². The quantitative estimate of drug-likeness (QED) is 0.708. The van der Waals surface area contributed by atoms with Crippen molar-refractivity contribution in [3.63, 3.8) is 0 Å². The van der Waals surface area contributed by atoms with Crippen LogP contribution in [0.2, 0.25) is 0 Å². The Bertz CT molecular complexity index is 817. The molecular formula is C18H14N2O. The highest BCUT2D eigenvalue weighted by Gasteiger charge is 2.09. The van der Waals surface area contributed by atoms with Gasteiger partial charge in [0.2, 0.25) is 5.88 Å². The summed E-state index contributed by atoms with van der Waals surface area (Å²) in [5.74, 6) is 1.03. The number of hydrogen-bond donors (Lipinski definition) is 0. The molecule has 3 nitrogen and oxygen atoms in total. The van der Waals surface area contributed by atoms with Gasteiger partial charge in [-0.25, -0.2) is 4.98 Å². The third-order valence-electron chi connectivity index (χ3n) is 3.36. The van der Waals surface area contributed by atoms with E-state index in [9.17, 15) is 5.26 Å². The topological polar surface area (TPSA) is 45.9 Å². The van der Waals surface area contributed by atoms with Crippen molar-refractivity contribution in [1.29, 1.82) is 5.26 Å². The molecule has 0 aliphatic heterocycles. The van der Waals surface area contributed by atoms with Gasteiger partial charge in [-0.05, 0) is 36.2 Å². The lowest BCUT2D eigenvalue weighted by Gasteiger charge is -2.08. The van der Waals surface area contributed by atoms with Crippen LogP contribution in [0.15, 0.2) is 54.6 Å². The van der Waals surface area contributed by atoms with Crippen LogP contribution in [-0.2, 0) is 6.42 Å². The Morgan fingerprint density at radius 2 is 1.86 bits per heavy atom. The van der Waals surface area contributed by atoms with Gasteiger partial charge in [0.05, 0.1) is 5.52 Å². The van der Waals surface area contributed by atoms with Crippen LogP contribution < -0.4 is 4.74 Å². The lowest BCUT2D eigenvalue weighted by atomic mass is 10.1. The predicted molar refractivity (Wildman–Crippen MR) is 82.4 cm³/mol. The summed E-state index contributed by atoms with van der Waals surface area (Å²) >= 11 is 0. The first-order valence-corrected chi connectivity index (χ1v) is 6.87. The van der Waals surface area contributed by atoms with Gasteiger partial charge < -0.3 is 4.74 Å². The second-order valence-electron chi connectivity index (χ2n) is 4.75. The fourth-order valence-corrected chi connectivity index (χ4v) is 2.16. The number of hydrogen-bond acceptors (Lipinski definition) is 3. The van der Waals surface area contributed by atoms with Gasteiger partial charge in [0, 0.05) is 5.39 Å². The van der Waals surface area contributed by atoms with Gasteiger partial charge in [0.1, 0.15) is 17.4 Å². The molecule has 0 saturated heterocycles. The standard InChI is InChI=1S/C18H14N2O/c1-2-13-7-9-16(10-8-13)21-18-15(12-19)11-14-5-3-4-6-17(14)20-18/h3-11H,2H2,1H3. The SMILES string of the molecule is CCc1ccc(Oc2nc3ccccc3cc2C#N)cc1. The van der Waals surface area contributed by atoms with E-state index >= 15 is 0 Å². The van der Waals surface area contributed by atoms with Crippen molar-refractivity contribution in [2.75, 3.05) is 0 Å². The number of benzene rings is 2. The van der Waals surface area contributed by atoms with Gasteiger partial charge >= 0.3 is 0 Å². The molecule has 102 valence electrons. The van der Waals surface area contributed by atoms with E-state index < -0.39 is 0 Å². The summed E-state index contributed by atoms with van der Waals surface area (Å²) in [6.45, 7) is 2.11. The maximum atomic E-state index is 9.27. The number of pyridine rings is 1. The molecule has 0 unspecified atom stereocenters. The van der Waals surface area contributed by atoms with E-state index in [1.165, 1.54) is 5.56 Å². The molecule has 2 aromatic carbocycles. The minimum Gasteiger partial charge on any atom is -0.438 e. The lowest BCUT2D eigenvalue weighted by Crippen LogP contribution is -1.93. The third kappa shape index (κ3) is 2.70. The zero-order chi connectivity index (χ0) is 14.7. The molecule has 3 aromatic rings. The average molecular weight is 274 g/mol. The number of aromatic nitrogens is 1. The van der Waals surface area contributed by atoms with E-state index in [0.717, 1.165) is 17.3 Å². The summed E-state index contributed by atoms with van der Waals surface area (Å²) in [4.78, 5) is 4.44. The summed E-state index contributed by atoms with van der Waals surface area (Å²) in [7, 11) is 0. The Morgan fingerprint density at radius 3 is 2.57 bits per heavy atom. The second kappa shape index (κ2) is 5.64. The van der Waals surface area contributed by atoms with Crippen LogP contribution in [0.3, 0.4) is 0 Å².